The summed E-state index contributed by atoms with van der Waals surface area (Å²) in [5.41, 5.74) is 0.122. The number of aromatic nitrogens is 4. The molecule has 0 unspecified atom stereocenters. The first-order valence-corrected chi connectivity index (χ1v) is 8.24. The highest BCUT2D eigenvalue weighted by Gasteiger charge is 2.44. The first-order chi connectivity index (χ1) is 10.6. The summed E-state index contributed by atoms with van der Waals surface area (Å²) in [4.78, 5) is -0.860. The second-order valence-electron chi connectivity index (χ2n) is 5.31. The van der Waals surface area contributed by atoms with Gasteiger partial charge in [-0.3, -0.25) is 9.78 Å². The van der Waals surface area contributed by atoms with E-state index in [1.165, 1.54) is 0 Å². The van der Waals surface area contributed by atoms with Crippen molar-refractivity contribution < 1.29 is 21.6 Å². The molecule has 7 nitrogen and oxygen atoms in total. The van der Waals surface area contributed by atoms with E-state index in [9.17, 15) is 21.6 Å². The molecule has 1 aliphatic rings. The molecule has 3 heterocycles. The molecule has 0 atom stereocenters. The SMILES string of the molecule is Cc1[nH]nc2c1CCCN2S(=O)(=O)c1cnn(C)c1C(F)(F)F. The quantitative estimate of drug-likeness (QED) is 0.893. The van der Waals surface area contributed by atoms with Gasteiger partial charge in [0.25, 0.3) is 10.0 Å². The molecule has 0 bridgehead atoms. The third kappa shape index (κ3) is 2.38. The molecular formula is C12H14F3N5O2S. The summed E-state index contributed by atoms with van der Waals surface area (Å²) in [6.45, 7) is 1.82. The van der Waals surface area contributed by atoms with Gasteiger partial charge in [-0.15, -0.1) is 0 Å². The Labute approximate surface area is 130 Å². The van der Waals surface area contributed by atoms with Gasteiger partial charge in [0.05, 0.1) is 6.20 Å². The minimum absolute atomic E-state index is 0.0752. The van der Waals surface area contributed by atoms with E-state index in [1.807, 2.05) is 0 Å². The average Bonchev–Trinajstić information content (AvgIpc) is 3.02. The monoisotopic (exact) mass is 349 g/mol. The van der Waals surface area contributed by atoms with Crippen molar-refractivity contribution in [2.75, 3.05) is 10.8 Å². The molecule has 0 fully saturated rings. The molecule has 3 rings (SSSR count). The Bertz CT molecular complexity index is 853. The molecule has 1 N–H and O–H groups in total. The van der Waals surface area contributed by atoms with Gasteiger partial charge in [0.1, 0.15) is 4.90 Å². The van der Waals surface area contributed by atoms with Crippen LogP contribution in [0.1, 0.15) is 23.4 Å². The second-order valence-corrected chi connectivity index (χ2v) is 7.14. The van der Waals surface area contributed by atoms with Crippen molar-refractivity contribution in [1.82, 2.24) is 20.0 Å². The first kappa shape index (κ1) is 15.8. The summed E-state index contributed by atoms with van der Waals surface area (Å²) in [5, 5.41) is 10.1. The molecule has 0 radical (unpaired) electrons. The summed E-state index contributed by atoms with van der Waals surface area (Å²) in [7, 11) is -3.35. The van der Waals surface area contributed by atoms with Gasteiger partial charge in [-0.05, 0) is 19.8 Å². The fourth-order valence-corrected chi connectivity index (χ4v) is 4.39. The predicted molar refractivity (Wildman–Crippen MR) is 74.4 cm³/mol. The fraction of sp³-hybridized carbons (Fsp3) is 0.500. The van der Waals surface area contributed by atoms with Gasteiger partial charge in [-0.25, -0.2) is 12.7 Å². The first-order valence-electron chi connectivity index (χ1n) is 6.80. The number of hydrogen-bond donors (Lipinski definition) is 1. The Morgan fingerprint density at radius 1 is 1.35 bits per heavy atom. The molecule has 0 aliphatic carbocycles. The van der Waals surface area contributed by atoms with E-state index in [0.29, 0.717) is 28.8 Å². The van der Waals surface area contributed by atoms with Gasteiger partial charge in [0.2, 0.25) is 0 Å². The Hall–Kier alpha value is -2.04. The summed E-state index contributed by atoms with van der Waals surface area (Å²) in [6, 6.07) is 0. The lowest BCUT2D eigenvalue weighted by atomic mass is 10.1. The number of rotatable bonds is 2. The van der Waals surface area contributed by atoms with Crippen LogP contribution in [0, 0.1) is 6.92 Å². The molecule has 1 aliphatic heterocycles. The number of sulfonamides is 1. The van der Waals surface area contributed by atoms with E-state index < -0.39 is 26.8 Å². The lowest BCUT2D eigenvalue weighted by Crippen LogP contribution is -2.36. The van der Waals surface area contributed by atoms with Crippen molar-refractivity contribution in [2.45, 2.75) is 30.8 Å². The lowest BCUT2D eigenvalue weighted by molar-refractivity contribution is -0.146. The molecule has 0 saturated heterocycles. The van der Waals surface area contributed by atoms with Gasteiger partial charge in [0, 0.05) is 24.8 Å². The molecule has 2 aromatic rings. The number of aromatic amines is 1. The molecular weight excluding hydrogens is 335 g/mol. The highest BCUT2D eigenvalue weighted by Crippen LogP contribution is 2.37. The Morgan fingerprint density at radius 2 is 2.04 bits per heavy atom. The van der Waals surface area contributed by atoms with E-state index in [4.69, 9.17) is 0 Å². The van der Waals surface area contributed by atoms with Gasteiger partial charge < -0.3 is 0 Å². The highest BCUT2D eigenvalue weighted by molar-refractivity contribution is 7.92. The molecule has 126 valence electrons. The summed E-state index contributed by atoms with van der Waals surface area (Å²) in [6.07, 6.45) is -2.96. The third-order valence-electron chi connectivity index (χ3n) is 3.82. The minimum atomic E-state index is -4.83. The summed E-state index contributed by atoms with van der Waals surface area (Å²) < 4.78 is 66.5. The van der Waals surface area contributed by atoms with Crippen LogP contribution in [-0.4, -0.2) is 34.9 Å². The van der Waals surface area contributed by atoms with Crippen molar-refractivity contribution in [3.63, 3.8) is 0 Å². The normalized spacial score (nSPS) is 15.8. The molecule has 11 heteroatoms. The predicted octanol–water partition coefficient (Wildman–Crippen LogP) is 1.61. The zero-order chi connectivity index (χ0) is 17.0. The van der Waals surface area contributed by atoms with Crippen LogP contribution in [0.3, 0.4) is 0 Å². The second kappa shape index (κ2) is 4.98. The minimum Gasteiger partial charge on any atom is -0.280 e. The van der Waals surface area contributed by atoms with Gasteiger partial charge in [0.15, 0.2) is 11.5 Å². The van der Waals surface area contributed by atoms with Crippen LogP contribution in [0.15, 0.2) is 11.1 Å². The highest BCUT2D eigenvalue weighted by atomic mass is 32.2. The van der Waals surface area contributed by atoms with Gasteiger partial charge in [-0.2, -0.15) is 23.4 Å². The Morgan fingerprint density at radius 3 is 2.70 bits per heavy atom. The van der Waals surface area contributed by atoms with Crippen LogP contribution >= 0.6 is 0 Å². The molecule has 2 aromatic heterocycles. The van der Waals surface area contributed by atoms with E-state index in [0.717, 1.165) is 17.5 Å². The average molecular weight is 349 g/mol. The van der Waals surface area contributed by atoms with Crippen molar-refractivity contribution in [1.29, 1.82) is 0 Å². The summed E-state index contributed by atoms with van der Waals surface area (Å²) >= 11 is 0. The lowest BCUT2D eigenvalue weighted by Gasteiger charge is -2.27. The largest absolute Gasteiger partial charge is 0.434 e. The number of nitrogens with zero attached hydrogens (tertiary/aromatic N) is 4. The number of nitrogens with one attached hydrogen (secondary N) is 1. The van der Waals surface area contributed by atoms with E-state index in [-0.39, 0.29) is 12.4 Å². The fourth-order valence-electron chi connectivity index (χ4n) is 2.73. The third-order valence-corrected chi connectivity index (χ3v) is 5.61. The van der Waals surface area contributed by atoms with Crippen LogP contribution < -0.4 is 4.31 Å². The standard InChI is InChI=1S/C12H14F3N5O2S/c1-7-8-4-3-5-20(11(8)18-17-7)23(21,22)9-6-16-19(2)10(9)12(13,14)15/h6H,3-5H2,1-2H3,(H,17,18). The number of halogens is 3. The van der Waals surface area contributed by atoms with E-state index in [2.05, 4.69) is 15.3 Å². The van der Waals surface area contributed by atoms with Crippen molar-refractivity contribution in [3.05, 3.63) is 23.1 Å². The summed E-state index contributed by atoms with van der Waals surface area (Å²) in [5.74, 6) is 0.158. The zero-order valence-electron chi connectivity index (χ0n) is 12.3. The Kier molecular flexibility index (Phi) is 3.43. The van der Waals surface area contributed by atoms with E-state index >= 15 is 0 Å². The van der Waals surface area contributed by atoms with Crippen LogP contribution in [0.5, 0.6) is 0 Å². The number of aryl methyl sites for hydroxylation is 2. The zero-order valence-corrected chi connectivity index (χ0v) is 13.2. The number of anilines is 1. The molecule has 23 heavy (non-hydrogen) atoms. The van der Waals surface area contributed by atoms with Crippen LogP contribution in [0.2, 0.25) is 0 Å². The maximum Gasteiger partial charge on any atom is 0.434 e. The number of H-pyrrole nitrogens is 1. The Balaban J connectivity index is 2.15. The van der Waals surface area contributed by atoms with E-state index in [1.54, 1.807) is 6.92 Å². The van der Waals surface area contributed by atoms with Crippen LogP contribution in [-0.2, 0) is 29.7 Å². The van der Waals surface area contributed by atoms with Gasteiger partial charge >= 0.3 is 6.18 Å². The van der Waals surface area contributed by atoms with Crippen LogP contribution in [0.4, 0.5) is 19.0 Å². The van der Waals surface area contributed by atoms with Crippen molar-refractivity contribution >= 4 is 15.8 Å². The molecule has 0 spiro atoms. The molecule has 0 saturated carbocycles. The maximum atomic E-state index is 13.2. The number of fused-ring (bicyclic) bond motifs is 1. The van der Waals surface area contributed by atoms with Crippen molar-refractivity contribution in [2.24, 2.45) is 7.05 Å². The molecule has 0 amide bonds. The smallest absolute Gasteiger partial charge is 0.280 e. The molecule has 0 aromatic carbocycles. The maximum absolute atomic E-state index is 13.2. The topological polar surface area (TPSA) is 83.9 Å². The van der Waals surface area contributed by atoms with Crippen molar-refractivity contribution in [3.8, 4) is 0 Å². The number of alkyl halides is 3. The van der Waals surface area contributed by atoms with Gasteiger partial charge in [-0.1, -0.05) is 0 Å². The number of hydrogen-bond acceptors (Lipinski definition) is 4. The van der Waals surface area contributed by atoms with Crippen LogP contribution in [0.25, 0.3) is 0 Å².